The van der Waals surface area contributed by atoms with Crippen LogP contribution in [0.4, 0.5) is 5.69 Å². The van der Waals surface area contributed by atoms with Gasteiger partial charge >= 0.3 is 0 Å². The molecule has 4 nitrogen and oxygen atoms in total. The number of hydrogen-bond donors (Lipinski definition) is 1. The van der Waals surface area contributed by atoms with Crippen molar-refractivity contribution < 1.29 is 0 Å². The van der Waals surface area contributed by atoms with Crippen LogP contribution in [0.25, 0.3) is 0 Å². The van der Waals surface area contributed by atoms with Crippen LogP contribution in [0.2, 0.25) is 0 Å². The molecular weight excluding hydrogens is 268 g/mol. The van der Waals surface area contributed by atoms with Gasteiger partial charge in [0.05, 0.1) is 23.6 Å². The zero-order chi connectivity index (χ0) is 11.5. The molecule has 0 unspecified atom stereocenters. The maximum absolute atomic E-state index is 4.29. The Morgan fingerprint density at radius 3 is 2.81 bits per heavy atom. The minimum Gasteiger partial charge on any atom is -0.377 e. The van der Waals surface area contributed by atoms with Crippen LogP contribution in [0.1, 0.15) is 11.4 Å². The number of pyridine rings is 1. The van der Waals surface area contributed by atoms with Gasteiger partial charge in [0, 0.05) is 23.9 Å². The highest BCUT2D eigenvalue weighted by Crippen LogP contribution is 2.13. The zero-order valence-electron chi connectivity index (χ0n) is 9.24. The number of anilines is 1. The van der Waals surface area contributed by atoms with E-state index in [0.29, 0.717) is 6.54 Å². The molecule has 0 aliphatic rings. The Morgan fingerprint density at radius 1 is 1.44 bits per heavy atom. The number of nitrogens with one attached hydrogen (secondary N) is 1. The van der Waals surface area contributed by atoms with Gasteiger partial charge in [-0.15, -0.1) is 0 Å². The van der Waals surface area contributed by atoms with Gasteiger partial charge in [0.2, 0.25) is 0 Å². The third-order valence-corrected chi connectivity index (χ3v) is 2.73. The maximum Gasteiger partial charge on any atom is 0.0825 e. The Labute approximate surface area is 103 Å². The summed E-state index contributed by atoms with van der Waals surface area (Å²) in [5.74, 6) is 0. The Kier molecular flexibility index (Phi) is 3.24. The summed E-state index contributed by atoms with van der Waals surface area (Å²) in [5.41, 5.74) is 3.05. The maximum atomic E-state index is 4.29. The first-order chi connectivity index (χ1) is 7.65. The molecule has 0 aliphatic heterocycles. The van der Waals surface area contributed by atoms with Crippen molar-refractivity contribution in [1.82, 2.24) is 14.8 Å². The predicted molar refractivity (Wildman–Crippen MR) is 67.2 cm³/mol. The SMILES string of the molecule is Cc1nn(C)cc1NCc1ccc(Br)cn1. The molecule has 2 rings (SSSR count). The summed E-state index contributed by atoms with van der Waals surface area (Å²) in [4.78, 5) is 4.29. The van der Waals surface area contributed by atoms with Gasteiger partial charge in [-0.1, -0.05) is 0 Å². The first-order valence-corrected chi connectivity index (χ1v) is 5.79. The first-order valence-electron chi connectivity index (χ1n) is 4.99. The van der Waals surface area contributed by atoms with Gasteiger partial charge in [-0.25, -0.2) is 0 Å². The molecule has 2 aromatic rings. The average molecular weight is 281 g/mol. The lowest BCUT2D eigenvalue weighted by Gasteiger charge is -2.03. The molecule has 0 bridgehead atoms. The molecule has 16 heavy (non-hydrogen) atoms. The van der Waals surface area contributed by atoms with E-state index in [1.807, 2.05) is 32.3 Å². The van der Waals surface area contributed by atoms with Crippen LogP contribution in [0.3, 0.4) is 0 Å². The normalized spacial score (nSPS) is 10.4. The van der Waals surface area contributed by atoms with E-state index in [0.717, 1.165) is 21.5 Å². The van der Waals surface area contributed by atoms with Crippen molar-refractivity contribution in [2.75, 3.05) is 5.32 Å². The number of halogens is 1. The van der Waals surface area contributed by atoms with Crippen molar-refractivity contribution >= 4 is 21.6 Å². The fourth-order valence-corrected chi connectivity index (χ4v) is 1.70. The highest BCUT2D eigenvalue weighted by atomic mass is 79.9. The van der Waals surface area contributed by atoms with Crippen molar-refractivity contribution in [1.29, 1.82) is 0 Å². The number of aryl methyl sites for hydroxylation is 2. The van der Waals surface area contributed by atoms with E-state index in [1.165, 1.54) is 0 Å². The topological polar surface area (TPSA) is 42.7 Å². The van der Waals surface area contributed by atoms with Crippen LogP contribution in [0.15, 0.2) is 29.0 Å². The van der Waals surface area contributed by atoms with E-state index in [1.54, 1.807) is 10.9 Å². The quantitative estimate of drug-likeness (QED) is 0.940. The van der Waals surface area contributed by atoms with Gasteiger partial charge in [-0.2, -0.15) is 5.10 Å². The van der Waals surface area contributed by atoms with Gasteiger partial charge in [-0.3, -0.25) is 9.67 Å². The molecule has 2 heterocycles. The van der Waals surface area contributed by atoms with E-state index in [2.05, 4.69) is 31.3 Å². The molecule has 84 valence electrons. The number of aromatic nitrogens is 3. The van der Waals surface area contributed by atoms with E-state index >= 15 is 0 Å². The third-order valence-electron chi connectivity index (χ3n) is 2.26. The van der Waals surface area contributed by atoms with Crippen LogP contribution in [-0.2, 0) is 13.6 Å². The lowest BCUT2D eigenvalue weighted by atomic mass is 10.3. The van der Waals surface area contributed by atoms with Crippen molar-refractivity contribution in [2.24, 2.45) is 7.05 Å². The first kappa shape index (κ1) is 11.1. The second kappa shape index (κ2) is 4.65. The lowest BCUT2D eigenvalue weighted by molar-refractivity contribution is 0.756. The van der Waals surface area contributed by atoms with Gasteiger partial charge in [0.15, 0.2) is 0 Å². The van der Waals surface area contributed by atoms with Crippen LogP contribution < -0.4 is 5.32 Å². The fraction of sp³-hybridized carbons (Fsp3) is 0.273. The minimum absolute atomic E-state index is 0.708. The Morgan fingerprint density at radius 2 is 2.25 bits per heavy atom. The van der Waals surface area contributed by atoms with Crippen molar-refractivity contribution in [3.8, 4) is 0 Å². The zero-order valence-corrected chi connectivity index (χ0v) is 10.8. The van der Waals surface area contributed by atoms with Crippen molar-refractivity contribution in [3.05, 3.63) is 40.4 Å². The molecule has 0 aliphatic carbocycles. The summed E-state index contributed by atoms with van der Waals surface area (Å²) in [7, 11) is 1.91. The van der Waals surface area contributed by atoms with Crippen LogP contribution in [0, 0.1) is 6.92 Å². The molecule has 1 N–H and O–H groups in total. The number of hydrogen-bond acceptors (Lipinski definition) is 3. The second-order valence-electron chi connectivity index (χ2n) is 3.62. The van der Waals surface area contributed by atoms with Gasteiger partial charge < -0.3 is 5.32 Å². The van der Waals surface area contributed by atoms with E-state index in [9.17, 15) is 0 Å². The smallest absolute Gasteiger partial charge is 0.0825 e. The highest BCUT2D eigenvalue weighted by Gasteiger charge is 2.02. The lowest BCUT2D eigenvalue weighted by Crippen LogP contribution is -2.01. The molecule has 0 atom stereocenters. The summed E-state index contributed by atoms with van der Waals surface area (Å²) in [6.07, 6.45) is 3.77. The van der Waals surface area contributed by atoms with Gasteiger partial charge in [-0.05, 0) is 35.0 Å². The van der Waals surface area contributed by atoms with Crippen molar-refractivity contribution in [3.63, 3.8) is 0 Å². The molecule has 2 aromatic heterocycles. The Balaban J connectivity index is 2.02. The molecule has 0 radical (unpaired) electrons. The molecule has 0 amide bonds. The van der Waals surface area contributed by atoms with E-state index in [4.69, 9.17) is 0 Å². The second-order valence-corrected chi connectivity index (χ2v) is 4.54. The number of nitrogens with zero attached hydrogens (tertiary/aromatic N) is 3. The number of rotatable bonds is 3. The molecule has 0 spiro atoms. The monoisotopic (exact) mass is 280 g/mol. The highest BCUT2D eigenvalue weighted by molar-refractivity contribution is 9.10. The summed E-state index contributed by atoms with van der Waals surface area (Å²) < 4.78 is 2.79. The minimum atomic E-state index is 0.708. The van der Waals surface area contributed by atoms with Crippen LogP contribution in [-0.4, -0.2) is 14.8 Å². The fourth-order valence-electron chi connectivity index (χ4n) is 1.47. The largest absolute Gasteiger partial charge is 0.377 e. The molecule has 0 saturated heterocycles. The van der Waals surface area contributed by atoms with Gasteiger partial charge in [0.1, 0.15) is 0 Å². The third kappa shape index (κ3) is 2.61. The molecule has 0 fully saturated rings. The van der Waals surface area contributed by atoms with Crippen LogP contribution in [0.5, 0.6) is 0 Å². The molecule has 0 saturated carbocycles. The summed E-state index contributed by atoms with van der Waals surface area (Å²) >= 11 is 3.36. The molecular formula is C11H13BrN4. The van der Waals surface area contributed by atoms with E-state index in [-0.39, 0.29) is 0 Å². The summed E-state index contributed by atoms with van der Waals surface area (Å²) in [5, 5.41) is 7.57. The van der Waals surface area contributed by atoms with Gasteiger partial charge in [0.25, 0.3) is 0 Å². The van der Waals surface area contributed by atoms with E-state index < -0.39 is 0 Å². The predicted octanol–water partition coefficient (Wildman–Crippen LogP) is 2.50. The molecule has 0 aromatic carbocycles. The average Bonchev–Trinajstić information content (AvgIpc) is 2.57. The summed E-state index contributed by atoms with van der Waals surface area (Å²) in [6, 6.07) is 3.98. The standard InChI is InChI=1S/C11H13BrN4/c1-8-11(7-16(2)15-8)14-6-10-4-3-9(12)5-13-10/h3-5,7,14H,6H2,1-2H3. The molecule has 5 heteroatoms. The van der Waals surface area contributed by atoms with Crippen molar-refractivity contribution in [2.45, 2.75) is 13.5 Å². The Hall–Kier alpha value is -1.36. The Bertz CT molecular complexity index is 475. The summed E-state index contributed by atoms with van der Waals surface area (Å²) in [6.45, 7) is 2.69. The van der Waals surface area contributed by atoms with Crippen LogP contribution >= 0.6 is 15.9 Å².